The molecule has 0 saturated heterocycles. The lowest BCUT2D eigenvalue weighted by molar-refractivity contribution is -0.125. The Bertz CT molecular complexity index is 294. The topological polar surface area (TPSA) is 37.3 Å². The molecule has 2 nitrogen and oxygen atoms in total. The molecule has 2 aliphatic rings. The Balaban J connectivity index is 2.49. The van der Waals surface area contributed by atoms with E-state index in [1.54, 1.807) is 0 Å². The van der Waals surface area contributed by atoms with Gasteiger partial charge in [0.05, 0.1) is 5.60 Å². The molecule has 0 aromatic rings. The number of Topliss-reactive ketones (excluding diaryl/α,β-unsaturated/α-hetero) is 1. The molecule has 0 radical (unpaired) electrons. The van der Waals surface area contributed by atoms with Crippen LogP contribution in [0, 0.1) is 11.3 Å². The molecule has 2 saturated carbocycles. The molecule has 2 unspecified atom stereocenters. The zero-order valence-corrected chi connectivity index (χ0v) is 8.26. The first-order chi connectivity index (χ1) is 5.90. The molecule has 13 heavy (non-hydrogen) atoms. The van der Waals surface area contributed by atoms with Gasteiger partial charge < -0.3 is 5.11 Å². The second-order valence-corrected chi connectivity index (χ2v) is 4.87. The van der Waals surface area contributed by atoms with Crippen LogP contribution in [0.1, 0.15) is 33.1 Å². The van der Waals surface area contributed by atoms with E-state index in [-0.39, 0.29) is 11.2 Å². The molecular weight excluding hydrogens is 164 g/mol. The Morgan fingerprint density at radius 1 is 1.62 bits per heavy atom. The number of aliphatic hydroxyl groups is 1. The van der Waals surface area contributed by atoms with Gasteiger partial charge in [-0.15, -0.1) is 0 Å². The lowest BCUT2D eigenvalue weighted by Crippen LogP contribution is -2.37. The number of ketones is 1. The number of hydrogen-bond acceptors (Lipinski definition) is 2. The quantitative estimate of drug-likeness (QED) is 0.576. The lowest BCUT2D eigenvalue weighted by atomic mass is 9.68. The summed E-state index contributed by atoms with van der Waals surface area (Å²) < 4.78 is 0. The van der Waals surface area contributed by atoms with Crippen LogP contribution >= 0.6 is 0 Å². The summed E-state index contributed by atoms with van der Waals surface area (Å²) in [5.41, 5.74) is -0.776. The number of fused-ring (bicyclic) bond motifs is 2. The maximum absolute atomic E-state index is 11.9. The van der Waals surface area contributed by atoms with Crippen molar-refractivity contribution in [3.63, 3.8) is 0 Å². The standard InChI is InChI=1S/C11H16O2/c1-7-4-5-11(13)6-10(7,3)9(12)8(11)2/h7,13H,2,4-6H2,1,3H3/t7-,10?,11?/m1/s1. The van der Waals surface area contributed by atoms with E-state index in [1.807, 2.05) is 6.92 Å². The number of hydrogen-bond donors (Lipinski definition) is 1. The molecule has 2 fully saturated rings. The van der Waals surface area contributed by atoms with E-state index >= 15 is 0 Å². The van der Waals surface area contributed by atoms with E-state index in [9.17, 15) is 9.90 Å². The monoisotopic (exact) mass is 180 g/mol. The minimum Gasteiger partial charge on any atom is -0.385 e. The fourth-order valence-electron chi connectivity index (χ4n) is 2.76. The first kappa shape index (κ1) is 8.95. The van der Waals surface area contributed by atoms with Crippen molar-refractivity contribution in [2.45, 2.75) is 38.7 Å². The van der Waals surface area contributed by atoms with Crippen molar-refractivity contribution in [3.05, 3.63) is 12.2 Å². The second kappa shape index (κ2) is 2.24. The molecule has 0 aromatic heterocycles. The highest BCUT2D eigenvalue weighted by Gasteiger charge is 2.58. The van der Waals surface area contributed by atoms with Gasteiger partial charge in [-0.05, 0) is 25.2 Å². The fourth-order valence-corrected chi connectivity index (χ4v) is 2.76. The Hall–Kier alpha value is -0.630. The van der Waals surface area contributed by atoms with Gasteiger partial charge in [0.1, 0.15) is 0 Å². The van der Waals surface area contributed by atoms with Crippen molar-refractivity contribution in [2.24, 2.45) is 11.3 Å². The summed E-state index contributed by atoms with van der Waals surface area (Å²) in [6.07, 6.45) is 2.21. The Kier molecular flexibility index (Phi) is 1.54. The molecular formula is C11H16O2. The fraction of sp³-hybridized carbons (Fsp3) is 0.727. The number of carbonyl (C=O) groups excluding carboxylic acids is 1. The van der Waals surface area contributed by atoms with Crippen LogP contribution in [0.4, 0.5) is 0 Å². The summed E-state index contributed by atoms with van der Waals surface area (Å²) in [5, 5.41) is 10.1. The van der Waals surface area contributed by atoms with Crippen LogP contribution in [-0.4, -0.2) is 16.5 Å². The third-order valence-corrected chi connectivity index (χ3v) is 4.09. The van der Waals surface area contributed by atoms with E-state index in [1.165, 1.54) is 0 Å². The Labute approximate surface area is 78.6 Å². The third kappa shape index (κ3) is 0.896. The minimum absolute atomic E-state index is 0.0833. The van der Waals surface area contributed by atoms with Gasteiger partial charge in [0.15, 0.2) is 5.78 Å². The molecule has 2 rings (SSSR count). The maximum atomic E-state index is 11.9. The van der Waals surface area contributed by atoms with E-state index in [0.29, 0.717) is 24.3 Å². The molecule has 0 heterocycles. The van der Waals surface area contributed by atoms with Gasteiger partial charge in [-0.25, -0.2) is 0 Å². The highest BCUT2D eigenvalue weighted by atomic mass is 16.3. The molecule has 1 N–H and O–H groups in total. The first-order valence-corrected chi connectivity index (χ1v) is 4.87. The van der Waals surface area contributed by atoms with E-state index < -0.39 is 5.60 Å². The zero-order valence-electron chi connectivity index (χ0n) is 8.26. The number of rotatable bonds is 0. The summed E-state index contributed by atoms with van der Waals surface area (Å²) in [5.74, 6) is 0.458. The van der Waals surface area contributed by atoms with Crippen LogP contribution in [0.2, 0.25) is 0 Å². The average molecular weight is 180 g/mol. The van der Waals surface area contributed by atoms with Gasteiger partial charge >= 0.3 is 0 Å². The van der Waals surface area contributed by atoms with Crippen molar-refractivity contribution in [2.75, 3.05) is 0 Å². The van der Waals surface area contributed by atoms with E-state index in [2.05, 4.69) is 13.5 Å². The largest absolute Gasteiger partial charge is 0.385 e. The highest BCUT2D eigenvalue weighted by Crippen LogP contribution is 2.55. The van der Waals surface area contributed by atoms with E-state index in [0.717, 1.165) is 6.42 Å². The molecule has 72 valence electrons. The summed E-state index contributed by atoms with van der Waals surface area (Å²) >= 11 is 0. The highest BCUT2D eigenvalue weighted by molar-refractivity contribution is 6.04. The van der Waals surface area contributed by atoms with Crippen LogP contribution in [0.15, 0.2) is 12.2 Å². The van der Waals surface area contributed by atoms with Crippen LogP contribution < -0.4 is 0 Å². The minimum atomic E-state index is -0.877. The van der Waals surface area contributed by atoms with Crippen molar-refractivity contribution in [3.8, 4) is 0 Å². The molecule has 0 aromatic carbocycles. The summed E-state index contributed by atoms with van der Waals surface area (Å²) in [4.78, 5) is 11.9. The molecule has 0 aliphatic heterocycles. The molecule has 2 heteroatoms. The summed E-state index contributed by atoms with van der Waals surface area (Å²) in [7, 11) is 0. The molecule has 2 bridgehead atoms. The molecule has 2 aliphatic carbocycles. The van der Waals surface area contributed by atoms with Gasteiger partial charge in [-0.1, -0.05) is 20.4 Å². The maximum Gasteiger partial charge on any atom is 0.167 e. The van der Waals surface area contributed by atoms with Gasteiger partial charge in [0, 0.05) is 11.0 Å². The predicted molar refractivity (Wildman–Crippen MR) is 50.2 cm³/mol. The van der Waals surface area contributed by atoms with Crippen LogP contribution in [0.3, 0.4) is 0 Å². The van der Waals surface area contributed by atoms with Gasteiger partial charge in [0.2, 0.25) is 0 Å². The van der Waals surface area contributed by atoms with Crippen molar-refractivity contribution < 1.29 is 9.90 Å². The second-order valence-electron chi connectivity index (χ2n) is 4.87. The third-order valence-electron chi connectivity index (χ3n) is 4.09. The van der Waals surface area contributed by atoms with Crippen molar-refractivity contribution >= 4 is 5.78 Å². The molecule has 0 spiro atoms. The van der Waals surface area contributed by atoms with Gasteiger partial charge in [-0.2, -0.15) is 0 Å². The normalized spacial score (nSPS) is 49.9. The van der Waals surface area contributed by atoms with Crippen molar-refractivity contribution in [1.29, 1.82) is 0 Å². The summed E-state index contributed by atoms with van der Waals surface area (Å²) in [6, 6.07) is 0. The Morgan fingerprint density at radius 3 is 2.77 bits per heavy atom. The van der Waals surface area contributed by atoms with Gasteiger partial charge in [-0.3, -0.25) is 4.79 Å². The smallest absolute Gasteiger partial charge is 0.167 e. The average Bonchev–Trinajstić information content (AvgIpc) is 2.22. The van der Waals surface area contributed by atoms with Crippen molar-refractivity contribution in [1.82, 2.24) is 0 Å². The summed E-state index contributed by atoms with van der Waals surface area (Å²) in [6.45, 7) is 7.78. The molecule has 3 atom stereocenters. The zero-order chi connectivity index (χ0) is 9.85. The first-order valence-electron chi connectivity index (χ1n) is 4.87. The van der Waals surface area contributed by atoms with Crippen LogP contribution in [0.5, 0.6) is 0 Å². The Morgan fingerprint density at radius 2 is 2.23 bits per heavy atom. The molecule has 0 amide bonds. The van der Waals surface area contributed by atoms with E-state index in [4.69, 9.17) is 0 Å². The lowest BCUT2D eigenvalue weighted by Gasteiger charge is -2.37. The predicted octanol–water partition coefficient (Wildman–Crippen LogP) is 1.68. The SMILES string of the molecule is C=C1C(=O)C2(C)CC1(O)CC[C@H]2C. The van der Waals surface area contributed by atoms with Crippen LogP contribution in [0.25, 0.3) is 0 Å². The number of carbonyl (C=O) groups is 1. The van der Waals surface area contributed by atoms with Gasteiger partial charge in [0.25, 0.3) is 0 Å². The van der Waals surface area contributed by atoms with Crippen LogP contribution in [-0.2, 0) is 4.79 Å².